The number of rotatable bonds is 2. The van der Waals surface area contributed by atoms with Gasteiger partial charge in [0, 0.05) is 5.02 Å². The lowest BCUT2D eigenvalue weighted by Gasteiger charge is -2.21. The van der Waals surface area contributed by atoms with Crippen LogP contribution in [0.5, 0.6) is 0 Å². The van der Waals surface area contributed by atoms with Crippen molar-refractivity contribution < 1.29 is 10.1 Å². The maximum atomic E-state index is 8.66. The molecule has 0 spiro atoms. The fourth-order valence-corrected chi connectivity index (χ4v) is 1.20. The lowest BCUT2D eigenvalue weighted by molar-refractivity contribution is -0.318. The highest BCUT2D eigenvalue weighted by atomic mass is 35.5. The first-order valence-electron chi connectivity index (χ1n) is 4.06. The molecule has 0 unspecified atom stereocenters. The standard InChI is InChI=1S/C10H13ClO2/c1-7-4-5-8(6-9(7)11)10(2,3)13-12/h4-6,12H,1-3H3. The minimum absolute atomic E-state index is 0.683. The molecule has 1 N–H and O–H groups in total. The van der Waals surface area contributed by atoms with Crippen molar-refractivity contribution in [3.8, 4) is 0 Å². The van der Waals surface area contributed by atoms with Crippen LogP contribution in [0, 0.1) is 6.92 Å². The van der Waals surface area contributed by atoms with Crippen molar-refractivity contribution in [1.29, 1.82) is 0 Å². The molecule has 0 aliphatic carbocycles. The fraction of sp³-hybridized carbons (Fsp3) is 0.400. The third-order valence-electron chi connectivity index (χ3n) is 2.10. The molecule has 0 radical (unpaired) electrons. The van der Waals surface area contributed by atoms with Crippen LogP contribution in [0.3, 0.4) is 0 Å². The van der Waals surface area contributed by atoms with Gasteiger partial charge >= 0.3 is 0 Å². The van der Waals surface area contributed by atoms with Crippen LogP contribution in [-0.2, 0) is 10.5 Å². The minimum Gasteiger partial charge on any atom is -0.251 e. The van der Waals surface area contributed by atoms with Crippen LogP contribution in [0.4, 0.5) is 0 Å². The Bertz CT molecular complexity index is 308. The maximum absolute atomic E-state index is 8.66. The van der Waals surface area contributed by atoms with Gasteiger partial charge in [0.15, 0.2) is 0 Å². The summed E-state index contributed by atoms with van der Waals surface area (Å²) in [5.41, 5.74) is 1.15. The molecule has 0 heterocycles. The summed E-state index contributed by atoms with van der Waals surface area (Å²) in [6.45, 7) is 5.47. The monoisotopic (exact) mass is 200 g/mol. The quantitative estimate of drug-likeness (QED) is 0.586. The van der Waals surface area contributed by atoms with Crippen molar-refractivity contribution in [2.75, 3.05) is 0 Å². The molecule has 13 heavy (non-hydrogen) atoms. The Labute approximate surface area is 83.0 Å². The molecule has 0 saturated carbocycles. The number of aryl methyl sites for hydroxylation is 1. The zero-order chi connectivity index (χ0) is 10.1. The van der Waals surface area contributed by atoms with E-state index >= 15 is 0 Å². The summed E-state index contributed by atoms with van der Waals surface area (Å²) in [5, 5.41) is 9.35. The van der Waals surface area contributed by atoms with Gasteiger partial charge in [-0.2, -0.15) is 0 Å². The number of halogens is 1. The third-order valence-corrected chi connectivity index (χ3v) is 2.50. The summed E-state index contributed by atoms with van der Waals surface area (Å²) in [6, 6.07) is 5.59. The van der Waals surface area contributed by atoms with Crippen LogP contribution >= 0.6 is 11.6 Å². The highest BCUT2D eigenvalue weighted by Gasteiger charge is 2.21. The summed E-state index contributed by atoms with van der Waals surface area (Å²) >= 11 is 5.94. The highest BCUT2D eigenvalue weighted by molar-refractivity contribution is 6.31. The molecule has 0 amide bonds. The second-order valence-corrected chi connectivity index (χ2v) is 3.97. The molecule has 0 aliphatic rings. The van der Waals surface area contributed by atoms with Crippen LogP contribution in [0.15, 0.2) is 18.2 Å². The van der Waals surface area contributed by atoms with E-state index in [4.69, 9.17) is 16.9 Å². The summed E-state index contributed by atoms with van der Waals surface area (Å²) in [5.74, 6) is 0. The van der Waals surface area contributed by atoms with E-state index in [0.717, 1.165) is 11.1 Å². The lowest BCUT2D eigenvalue weighted by Crippen LogP contribution is -2.19. The van der Waals surface area contributed by atoms with E-state index < -0.39 is 5.60 Å². The molecular formula is C10H13ClO2. The molecule has 0 atom stereocenters. The van der Waals surface area contributed by atoms with E-state index in [-0.39, 0.29) is 0 Å². The topological polar surface area (TPSA) is 29.5 Å². The van der Waals surface area contributed by atoms with Gasteiger partial charge in [-0.15, -0.1) is 0 Å². The molecule has 72 valence electrons. The molecule has 0 saturated heterocycles. The smallest absolute Gasteiger partial charge is 0.123 e. The highest BCUT2D eigenvalue weighted by Crippen LogP contribution is 2.27. The molecule has 3 heteroatoms. The first-order chi connectivity index (χ1) is 5.97. The van der Waals surface area contributed by atoms with E-state index in [1.807, 2.05) is 19.1 Å². The first-order valence-corrected chi connectivity index (χ1v) is 4.44. The van der Waals surface area contributed by atoms with Crippen LogP contribution in [0.25, 0.3) is 0 Å². The zero-order valence-electron chi connectivity index (χ0n) is 7.97. The molecule has 0 fully saturated rings. The summed E-state index contributed by atoms with van der Waals surface area (Å²) in [4.78, 5) is 4.36. The largest absolute Gasteiger partial charge is 0.251 e. The van der Waals surface area contributed by atoms with Crippen molar-refractivity contribution in [3.63, 3.8) is 0 Å². The minimum atomic E-state index is -0.711. The van der Waals surface area contributed by atoms with Crippen LogP contribution in [0.1, 0.15) is 25.0 Å². The van der Waals surface area contributed by atoms with E-state index in [0.29, 0.717) is 5.02 Å². The van der Waals surface area contributed by atoms with Gasteiger partial charge < -0.3 is 0 Å². The Hall–Kier alpha value is -0.570. The molecule has 0 aromatic heterocycles. The molecule has 0 aliphatic heterocycles. The van der Waals surface area contributed by atoms with Gasteiger partial charge in [0.1, 0.15) is 5.60 Å². The average molecular weight is 201 g/mol. The Balaban J connectivity index is 3.10. The molecule has 1 aromatic rings. The van der Waals surface area contributed by atoms with Crippen molar-refractivity contribution in [3.05, 3.63) is 34.3 Å². The van der Waals surface area contributed by atoms with E-state index in [1.165, 1.54) is 0 Å². The summed E-state index contributed by atoms with van der Waals surface area (Å²) in [7, 11) is 0. The van der Waals surface area contributed by atoms with E-state index in [1.54, 1.807) is 19.9 Å². The number of hydrogen-bond donors (Lipinski definition) is 1. The van der Waals surface area contributed by atoms with Gasteiger partial charge in [-0.3, -0.25) is 5.26 Å². The van der Waals surface area contributed by atoms with E-state index in [9.17, 15) is 0 Å². The van der Waals surface area contributed by atoms with Crippen LogP contribution in [0.2, 0.25) is 5.02 Å². The fourth-order valence-electron chi connectivity index (χ4n) is 1.02. The molecule has 0 bridgehead atoms. The lowest BCUT2D eigenvalue weighted by atomic mass is 9.97. The zero-order valence-corrected chi connectivity index (χ0v) is 8.72. The Morgan fingerprint density at radius 3 is 2.46 bits per heavy atom. The van der Waals surface area contributed by atoms with Crippen molar-refractivity contribution in [2.24, 2.45) is 0 Å². The van der Waals surface area contributed by atoms with E-state index in [2.05, 4.69) is 4.89 Å². The van der Waals surface area contributed by atoms with Crippen molar-refractivity contribution in [2.45, 2.75) is 26.4 Å². The SMILES string of the molecule is Cc1ccc(C(C)(C)OO)cc1Cl. The van der Waals surface area contributed by atoms with Gasteiger partial charge in [0.2, 0.25) is 0 Å². The van der Waals surface area contributed by atoms with Gasteiger partial charge in [0.05, 0.1) is 0 Å². The molecule has 2 nitrogen and oxygen atoms in total. The predicted molar refractivity (Wildman–Crippen MR) is 52.9 cm³/mol. The average Bonchev–Trinajstić information content (AvgIpc) is 2.09. The van der Waals surface area contributed by atoms with Gasteiger partial charge in [-0.1, -0.05) is 23.7 Å². The first kappa shape index (κ1) is 10.5. The number of benzene rings is 1. The van der Waals surface area contributed by atoms with Gasteiger partial charge in [-0.25, -0.2) is 4.89 Å². The Kier molecular flexibility index (Phi) is 2.96. The summed E-state index contributed by atoms with van der Waals surface area (Å²) in [6.07, 6.45) is 0. The summed E-state index contributed by atoms with van der Waals surface area (Å²) < 4.78 is 0. The second kappa shape index (κ2) is 3.66. The number of hydrogen-bond acceptors (Lipinski definition) is 2. The normalized spacial score (nSPS) is 11.8. The maximum Gasteiger partial charge on any atom is 0.123 e. The Morgan fingerprint density at radius 2 is 2.00 bits per heavy atom. The van der Waals surface area contributed by atoms with Gasteiger partial charge in [0.25, 0.3) is 0 Å². The van der Waals surface area contributed by atoms with Crippen LogP contribution in [-0.4, -0.2) is 5.26 Å². The third kappa shape index (κ3) is 2.21. The molecular weight excluding hydrogens is 188 g/mol. The predicted octanol–water partition coefficient (Wildman–Crippen LogP) is 3.37. The van der Waals surface area contributed by atoms with Gasteiger partial charge in [-0.05, 0) is 38.0 Å². The molecule has 1 aromatic carbocycles. The molecule has 1 rings (SSSR count). The Morgan fingerprint density at radius 1 is 1.38 bits per heavy atom. The van der Waals surface area contributed by atoms with Crippen molar-refractivity contribution >= 4 is 11.6 Å². The van der Waals surface area contributed by atoms with Crippen LogP contribution < -0.4 is 0 Å². The van der Waals surface area contributed by atoms with Crippen molar-refractivity contribution in [1.82, 2.24) is 0 Å². The second-order valence-electron chi connectivity index (χ2n) is 3.57.